The number of aldehydes is 1. The van der Waals surface area contributed by atoms with E-state index in [0.717, 1.165) is 6.29 Å². The van der Waals surface area contributed by atoms with Crippen LogP contribution in [0.15, 0.2) is 24.3 Å². The lowest BCUT2D eigenvalue weighted by atomic mass is 10.2. The number of ether oxygens (including phenoxy) is 1. The maximum atomic E-state index is 10.3. The van der Waals surface area contributed by atoms with Crippen molar-refractivity contribution in [3.63, 3.8) is 0 Å². The van der Waals surface area contributed by atoms with Crippen LogP contribution in [0.4, 0.5) is 0 Å². The molecule has 0 radical (unpaired) electrons. The maximum absolute atomic E-state index is 10.3. The number of para-hydroxylation sites is 1. The largest absolute Gasteiger partial charge is 0.496 e. The lowest BCUT2D eigenvalue weighted by Gasteiger charge is -2.03. The van der Waals surface area contributed by atoms with Gasteiger partial charge in [-0.15, -0.1) is 0 Å². The molecular formula is C9H14O8P2. The number of benzene rings is 1. The summed E-state index contributed by atoms with van der Waals surface area (Å²) in [6.07, 6.45) is 0.777. The first kappa shape index (κ1) is 18.0. The van der Waals surface area contributed by atoms with E-state index in [0.29, 0.717) is 11.3 Å². The smallest absolute Gasteiger partial charge is 0.337 e. The van der Waals surface area contributed by atoms with Crippen LogP contribution >= 0.6 is 15.2 Å². The molecule has 108 valence electrons. The molecule has 0 aliphatic heterocycles. The number of carbonyl (C=O) groups is 1. The van der Waals surface area contributed by atoms with Gasteiger partial charge in [-0.05, 0) is 12.1 Å². The van der Waals surface area contributed by atoms with Crippen molar-refractivity contribution >= 4 is 21.5 Å². The molecule has 0 aromatic heterocycles. The Hall–Kier alpha value is -1.01. The highest BCUT2D eigenvalue weighted by molar-refractivity contribution is 7.69. The quantitative estimate of drug-likeness (QED) is 0.472. The van der Waals surface area contributed by atoms with E-state index in [1.54, 1.807) is 25.3 Å². The van der Waals surface area contributed by atoms with Gasteiger partial charge < -0.3 is 24.3 Å². The van der Waals surface area contributed by atoms with Crippen molar-refractivity contribution in [2.45, 2.75) is 0 Å². The van der Waals surface area contributed by atoms with E-state index in [2.05, 4.69) is 0 Å². The average molecular weight is 312 g/mol. The van der Waals surface area contributed by atoms with E-state index < -0.39 is 21.1 Å². The summed E-state index contributed by atoms with van der Waals surface area (Å²) in [5.74, 6) is -0.752. The number of rotatable bonds is 4. The summed E-state index contributed by atoms with van der Waals surface area (Å²) >= 11 is 0. The van der Waals surface area contributed by atoms with Crippen molar-refractivity contribution < 1.29 is 38.2 Å². The van der Waals surface area contributed by atoms with Crippen LogP contribution in [0, 0.1) is 0 Å². The van der Waals surface area contributed by atoms with Gasteiger partial charge in [0.15, 0.2) is 12.2 Å². The van der Waals surface area contributed by atoms with E-state index in [-0.39, 0.29) is 0 Å². The molecule has 8 nitrogen and oxygen atoms in total. The molecule has 19 heavy (non-hydrogen) atoms. The van der Waals surface area contributed by atoms with Crippen LogP contribution in [-0.4, -0.2) is 38.9 Å². The second-order valence-corrected chi connectivity index (χ2v) is 7.12. The highest BCUT2D eigenvalue weighted by Gasteiger charge is 2.26. The summed E-state index contributed by atoms with van der Waals surface area (Å²) in [7, 11) is -7.56. The molecule has 10 heteroatoms. The number of methoxy groups -OCH3 is 1. The molecule has 1 aromatic carbocycles. The Labute approximate surface area is 109 Å². The third-order valence-electron chi connectivity index (χ3n) is 1.63. The SMILES string of the molecule is COc1ccccc1C=O.O=P(O)(O)CP(=O)(O)O. The minimum Gasteiger partial charge on any atom is -0.496 e. The lowest BCUT2D eigenvalue weighted by molar-refractivity contribution is 0.112. The molecule has 1 aromatic rings. The standard InChI is InChI=1S/C8H8O2.CH6O6P2/c1-10-8-5-3-2-4-7(8)6-9;2-8(3,4)1-9(5,6)7/h2-6H,1H3;1H2,(H2,2,3,4)(H2,5,6,7). The zero-order chi connectivity index (χ0) is 15.1. The third-order valence-corrected chi connectivity index (χ3v) is 4.58. The highest BCUT2D eigenvalue weighted by atomic mass is 31.2. The number of hydrogen-bond acceptors (Lipinski definition) is 4. The monoisotopic (exact) mass is 312 g/mol. The second kappa shape index (κ2) is 7.55. The van der Waals surface area contributed by atoms with E-state index in [1.807, 2.05) is 6.07 Å². The summed E-state index contributed by atoms with van der Waals surface area (Å²) in [6, 6.07) is 7.09. The minimum atomic E-state index is -4.55. The van der Waals surface area contributed by atoms with Crippen molar-refractivity contribution in [2.75, 3.05) is 13.0 Å². The summed E-state index contributed by atoms with van der Waals surface area (Å²) in [4.78, 5) is 42.2. The first-order chi connectivity index (χ1) is 8.59. The van der Waals surface area contributed by atoms with E-state index in [1.165, 1.54) is 0 Å². The predicted octanol–water partition coefficient (Wildman–Crippen LogP) is 0.807. The minimum absolute atomic E-state index is 0.588. The van der Waals surface area contributed by atoms with Gasteiger partial charge in [0.05, 0.1) is 12.7 Å². The molecule has 0 aliphatic carbocycles. The molecule has 0 fully saturated rings. The van der Waals surface area contributed by atoms with Crippen LogP contribution in [0.5, 0.6) is 5.75 Å². The van der Waals surface area contributed by atoms with Crippen LogP contribution in [0.3, 0.4) is 0 Å². The van der Waals surface area contributed by atoms with Crippen molar-refractivity contribution in [1.82, 2.24) is 0 Å². The van der Waals surface area contributed by atoms with Crippen LogP contribution in [0.25, 0.3) is 0 Å². The van der Waals surface area contributed by atoms with Crippen molar-refractivity contribution in [3.05, 3.63) is 29.8 Å². The predicted molar refractivity (Wildman–Crippen MR) is 67.3 cm³/mol. The Morgan fingerprint density at radius 3 is 1.84 bits per heavy atom. The molecule has 0 heterocycles. The summed E-state index contributed by atoms with van der Waals surface area (Å²) in [5, 5.41) is 0. The van der Waals surface area contributed by atoms with Gasteiger partial charge in [-0.2, -0.15) is 0 Å². The van der Waals surface area contributed by atoms with Gasteiger partial charge in [0.2, 0.25) is 0 Å². The van der Waals surface area contributed by atoms with Crippen molar-refractivity contribution in [2.24, 2.45) is 0 Å². The first-order valence-electron chi connectivity index (χ1n) is 4.76. The fraction of sp³-hybridized carbons (Fsp3) is 0.222. The number of hydrogen-bond donors (Lipinski definition) is 4. The fourth-order valence-electron chi connectivity index (χ4n) is 1.00. The third kappa shape index (κ3) is 9.55. The summed E-state index contributed by atoms with van der Waals surface area (Å²) in [6.45, 7) is 0. The molecular weight excluding hydrogens is 298 g/mol. The molecule has 0 spiro atoms. The molecule has 0 bridgehead atoms. The molecule has 4 N–H and O–H groups in total. The van der Waals surface area contributed by atoms with Crippen LogP contribution in [0.2, 0.25) is 0 Å². The van der Waals surface area contributed by atoms with Gasteiger partial charge in [-0.25, -0.2) is 0 Å². The van der Waals surface area contributed by atoms with Gasteiger partial charge in [0.25, 0.3) is 0 Å². The molecule has 0 amide bonds. The first-order valence-corrected chi connectivity index (χ1v) is 8.36. The van der Waals surface area contributed by atoms with Gasteiger partial charge in [-0.1, -0.05) is 12.1 Å². The van der Waals surface area contributed by atoms with E-state index in [4.69, 9.17) is 24.3 Å². The Balaban J connectivity index is 0.000000344. The van der Waals surface area contributed by atoms with E-state index >= 15 is 0 Å². The Kier molecular flexibility index (Phi) is 7.15. The molecule has 0 unspecified atom stereocenters. The fourth-order valence-corrected chi connectivity index (χ4v) is 2.92. The molecule has 0 saturated carbocycles. The van der Waals surface area contributed by atoms with E-state index in [9.17, 15) is 13.9 Å². The summed E-state index contributed by atoms with van der Waals surface area (Å²) in [5.41, 5.74) is 0.588. The number of carbonyl (C=O) groups excluding carboxylic acids is 1. The second-order valence-electron chi connectivity index (χ2n) is 3.33. The Morgan fingerprint density at radius 1 is 1.11 bits per heavy atom. The summed E-state index contributed by atoms with van der Waals surface area (Å²) < 4.78 is 24.6. The zero-order valence-electron chi connectivity index (χ0n) is 9.91. The van der Waals surface area contributed by atoms with Crippen molar-refractivity contribution in [1.29, 1.82) is 0 Å². The van der Waals surface area contributed by atoms with Crippen LogP contribution in [-0.2, 0) is 9.13 Å². The maximum Gasteiger partial charge on any atom is 0.337 e. The molecule has 0 atom stereocenters. The van der Waals surface area contributed by atoms with Crippen LogP contribution in [0.1, 0.15) is 10.4 Å². The Morgan fingerprint density at radius 2 is 1.58 bits per heavy atom. The topological polar surface area (TPSA) is 141 Å². The average Bonchev–Trinajstić information content (AvgIpc) is 2.24. The van der Waals surface area contributed by atoms with Crippen molar-refractivity contribution in [3.8, 4) is 5.75 Å². The van der Waals surface area contributed by atoms with Gasteiger partial charge in [0, 0.05) is 0 Å². The molecule has 0 aliphatic rings. The van der Waals surface area contributed by atoms with Gasteiger partial charge >= 0.3 is 15.2 Å². The molecule has 0 saturated heterocycles. The Bertz CT molecular complexity index is 483. The van der Waals surface area contributed by atoms with Gasteiger partial charge in [-0.3, -0.25) is 13.9 Å². The highest BCUT2D eigenvalue weighted by Crippen LogP contribution is 2.51. The lowest BCUT2D eigenvalue weighted by Crippen LogP contribution is -1.88. The molecule has 1 rings (SSSR count). The normalized spacial score (nSPS) is 11.2. The van der Waals surface area contributed by atoms with Crippen LogP contribution < -0.4 is 4.74 Å². The van der Waals surface area contributed by atoms with Gasteiger partial charge in [0.1, 0.15) is 5.75 Å². The zero-order valence-corrected chi connectivity index (χ0v) is 11.7.